The van der Waals surface area contributed by atoms with Gasteiger partial charge in [-0.05, 0) is 35.7 Å². The van der Waals surface area contributed by atoms with Gasteiger partial charge in [-0.3, -0.25) is 9.59 Å². The molecule has 5 heteroatoms. The Hall–Kier alpha value is -2.43. The van der Waals surface area contributed by atoms with E-state index in [0.29, 0.717) is 12.9 Å². The van der Waals surface area contributed by atoms with Crippen LogP contribution in [0.3, 0.4) is 0 Å². The Bertz CT molecular complexity index is 615. The Morgan fingerprint density at radius 1 is 1.38 bits per heavy atom. The van der Waals surface area contributed by atoms with Gasteiger partial charge in [0.2, 0.25) is 0 Å². The fourth-order valence-corrected chi connectivity index (χ4v) is 2.08. The second-order valence-electron chi connectivity index (χ2n) is 4.76. The molecule has 0 aliphatic carbocycles. The van der Waals surface area contributed by atoms with E-state index in [4.69, 9.17) is 9.15 Å². The van der Waals surface area contributed by atoms with Gasteiger partial charge in [0.25, 0.3) is 6.47 Å². The zero-order valence-electron chi connectivity index (χ0n) is 11.5. The molecule has 0 radical (unpaired) electrons. The molecule has 0 fully saturated rings. The fourth-order valence-electron chi connectivity index (χ4n) is 2.08. The molecule has 0 N–H and O–H groups in total. The van der Waals surface area contributed by atoms with E-state index >= 15 is 0 Å². The molecule has 0 spiro atoms. The molecule has 1 aromatic carbocycles. The molecule has 110 valence electrons. The number of hydrogen-bond acceptors (Lipinski definition) is 4. The van der Waals surface area contributed by atoms with Gasteiger partial charge >= 0.3 is 0 Å². The Labute approximate surface area is 121 Å². The van der Waals surface area contributed by atoms with Crippen molar-refractivity contribution in [3.8, 4) is 0 Å². The number of carbonyl (C=O) groups is 2. The third-order valence-corrected chi connectivity index (χ3v) is 3.20. The maximum atomic E-state index is 12.9. The fraction of sp³-hybridized carbons (Fsp3) is 0.250. The predicted molar refractivity (Wildman–Crippen MR) is 73.6 cm³/mol. The molecule has 1 aromatic heterocycles. The lowest BCUT2D eigenvalue weighted by molar-refractivity contribution is -0.129. The first-order chi connectivity index (χ1) is 10.1. The molecule has 1 heterocycles. The van der Waals surface area contributed by atoms with Crippen LogP contribution in [0, 0.1) is 5.82 Å². The lowest BCUT2D eigenvalue weighted by atomic mass is 9.94. The van der Waals surface area contributed by atoms with Crippen LogP contribution >= 0.6 is 0 Å². The molecule has 1 unspecified atom stereocenters. The van der Waals surface area contributed by atoms with Gasteiger partial charge in [0, 0.05) is 12.8 Å². The molecule has 0 aliphatic rings. The first-order valence-electron chi connectivity index (χ1n) is 6.49. The van der Waals surface area contributed by atoms with E-state index in [9.17, 15) is 14.0 Å². The van der Waals surface area contributed by atoms with Gasteiger partial charge < -0.3 is 9.15 Å². The summed E-state index contributed by atoms with van der Waals surface area (Å²) in [6.45, 7) is 1.96. The van der Waals surface area contributed by atoms with Crippen LogP contribution in [0.15, 0.2) is 41.0 Å². The molecule has 2 rings (SSSR count). The van der Waals surface area contributed by atoms with Crippen molar-refractivity contribution >= 4 is 12.3 Å². The number of furan rings is 1. The number of hydrogen-bond donors (Lipinski definition) is 0. The summed E-state index contributed by atoms with van der Waals surface area (Å²) in [7, 11) is 0. The first kappa shape index (κ1) is 15.0. The lowest BCUT2D eigenvalue weighted by Gasteiger charge is -2.14. The third-order valence-electron chi connectivity index (χ3n) is 3.20. The van der Waals surface area contributed by atoms with E-state index in [-0.39, 0.29) is 29.9 Å². The van der Waals surface area contributed by atoms with E-state index in [2.05, 4.69) is 0 Å². The lowest BCUT2D eigenvalue weighted by Crippen LogP contribution is -2.10. The van der Waals surface area contributed by atoms with Crippen LogP contribution < -0.4 is 0 Å². The normalized spacial score (nSPS) is 11.9. The van der Waals surface area contributed by atoms with Gasteiger partial charge in [-0.25, -0.2) is 4.39 Å². The molecule has 0 amide bonds. The second-order valence-corrected chi connectivity index (χ2v) is 4.76. The van der Waals surface area contributed by atoms with E-state index < -0.39 is 0 Å². The third kappa shape index (κ3) is 4.02. The summed E-state index contributed by atoms with van der Waals surface area (Å²) in [5.41, 5.74) is 1.67. The molecule has 2 aromatic rings. The van der Waals surface area contributed by atoms with Crippen molar-refractivity contribution in [2.75, 3.05) is 6.61 Å². The zero-order chi connectivity index (χ0) is 15.2. The van der Waals surface area contributed by atoms with Gasteiger partial charge in [-0.1, -0.05) is 12.1 Å². The van der Waals surface area contributed by atoms with Crippen LogP contribution in [0.5, 0.6) is 0 Å². The minimum atomic E-state index is -0.304. The number of rotatable bonds is 7. The minimum Gasteiger partial charge on any atom is -0.467 e. The predicted octanol–water partition coefficient (Wildman–Crippen LogP) is 3.12. The summed E-state index contributed by atoms with van der Waals surface area (Å²) in [5, 5.41) is 0. The highest BCUT2D eigenvalue weighted by Crippen LogP contribution is 2.24. The van der Waals surface area contributed by atoms with Gasteiger partial charge in [0.1, 0.15) is 5.82 Å². The summed E-state index contributed by atoms with van der Waals surface area (Å²) in [5.74, 6) is -0.363. The molecule has 1 atom stereocenters. The van der Waals surface area contributed by atoms with Crippen LogP contribution in [-0.4, -0.2) is 18.9 Å². The molecule has 4 nitrogen and oxygen atoms in total. The first-order valence-corrected chi connectivity index (χ1v) is 6.49. The Kier molecular flexibility index (Phi) is 4.87. The Morgan fingerprint density at radius 3 is 2.67 bits per heavy atom. The van der Waals surface area contributed by atoms with Crippen LogP contribution in [-0.2, 0) is 16.0 Å². The maximum Gasteiger partial charge on any atom is 0.293 e. The Balaban J connectivity index is 2.18. The summed E-state index contributed by atoms with van der Waals surface area (Å²) < 4.78 is 22.9. The molecular formula is C16H15FO4. The largest absolute Gasteiger partial charge is 0.467 e. The topological polar surface area (TPSA) is 56.5 Å². The van der Waals surface area contributed by atoms with Crippen molar-refractivity contribution in [3.63, 3.8) is 0 Å². The standard InChI is InChI=1S/C16H15FO4/c1-11(19)16-7-14(9-21-16)13(8-20-10-18)6-12-2-4-15(17)5-3-12/h2-5,7,9-10,13H,6,8H2,1H3. The molecular weight excluding hydrogens is 275 g/mol. The van der Waals surface area contributed by atoms with Crippen molar-refractivity contribution in [1.82, 2.24) is 0 Å². The van der Waals surface area contributed by atoms with Gasteiger partial charge in [-0.2, -0.15) is 0 Å². The van der Waals surface area contributed by atoms with E-state index in [1.54, 1.807) is 18.2 Å². The number of ketones is 1. The monoisotopic (exact) mass is 290 g/mol. The van der Waals surface area contributed by atoms with Crippen LogP contribution in [0.1, 0.15) is 34.5 Å². The van der Waals surface area contributed by atoms with Crippen LogP contribution in [0.2, 0.25) is 0 Å². The molecule has 0 saturated heterocycles. The van der Waals surface area contributed by atoms with Crippen molar-refractivity contribution in [3.05, 3.63) is 59.3 Å². The number of carbonyl (C=O) groups excluding carboxylic acids is 2. The molecule has 21 heavy (non-hydrogen) atoms. The SMILES string of the molecule is CC(=O)c1cc(C(COC=O)Cc2ccc(F)cc2)co1. The highest BCUT2D eigenvalue weighted by Gasteiger charge is 2.17. The van der Waals surface area contributed by atoms with Gasteiger partial charge in [0.15, 0.2) is 11.5 Å². The van der Waals surface area contributed by atoms with Crippen molar-refractivity contribution < 1.29 is 23.1 Å². The molecule has 0 bridgehead atoms. The molecule has 0 aliphatic heterocycles. The van der Waals surface area contributed by atoms with Crippen molar-refractivity contribution in [2.24, 2.45) is 0 Å². The number of benzene rings is 1. The van der Waals surface area contributed by atoms with Crippen LogP contribution in [0.4, 0.5) is 4.39 Å². The maximum absolute atomic E-state index is 12.9. The average molecular weight is 290 g/mol. The number of Topliss-reactive ketones (excluding diaryl/α,β-unsaturated/α-hetero) is 1. The highest BCUT2D eigenvalue weighted by molar-refractivity contribution is 5.91. The summed E-state index contributed by atoms with van der Waals surface area (Å²) in [6, 6.07) is 7.75. The van der Waals surface area contributed by atoms with Crippen molar-refractivity contribution in [2.45, 2.75) is 19.3 Å². The molecule has 0 saturated carbocycles. The smallest absolute Gasteiger partial charge is 0.293 e. The second kappa shape index (κ2) is 6.83. The quantitative estimate of drug-likeness (QED) is 0.580. The zero-order valence-corrected chi connectivity index (χ0v) is 11.5. The number of ether oxygens (including phenoxy) is 1. The Morgan fingerprint density at radius 2 is 2.10 bits per heavy atom. The van der Waals surface area contributed by atoms with Gasteiger partial charge in [0.05, 0.1) is 12.9 Å². The minimum absolute atomic E-state index is 0.155. The summed E-state index contributed by atoms with van der Waals surface area (Å²) in [4.78, 5) is 21.7. The summed E-state index contributed by atoms with van der Waals surface area (Å²) >= 11 is 0. The average Bonchev–Trinajstić information content (AvgIpc) is 2.95. The van der Waals surface area contributed by atoms with Crippen molar-refractivity contribution in [1.29, 1.82) is 0 Å². The van der Waals surface area contributed by atoms with E-state index in [0.717, 1.165) is 11.1 Å². The van der Waals surface area contributed by atoms with E-state index in [1.807, 2.05) is 0 Å². The van der Waals surface area contributed by atoms with E-state index in [1.165, 1.54) is 25.3 Å². The van der Waals surface area contributed by atoms with Crippen LogP contribution in [0.25, 0.3) is 0 Å². The van der Waals surface area contributed by atoms with Gasteiger partial charge in [-0.15, -0.1) is 0 Å². The summed E-state index contributed by atoms with van der Waals surface area (Å²) in [6.07, 6.45) is 2.03. The highest BCUT2D eigenvalue weighted by atomic mass is 19.1. The number of halogens is 1.